The number of halogens is 1. The monoisotopic (exact) mass is 476 g/mol. The standard InChI is InChI=1S/C20H17IN2O2S/c1-14-22-16(13-26-14)12-25-17-6-4-5-15(11-17)9-10-20(24)23-19-8-3-2-7-18(19)21/h2-11,13H,12H2,1H3,(H,23,24)/b10-9+. The van der Waals surface area contributed by atoms with Crippen LogP contribution in [0, 0.1) is 10.5 Å². The van der Waals surface area contributed by atoms with Gasteiger partial charge < -0.3 is 10.1 Å². The van der Waals surface area contributed by atoms with E-state index in [9.17, 15) is 4.79 Å². The molecule has 3 rings (SSSR count). The van der Waals surface area contributed by atoms with E-state index in [0.717, 1.165) is 31.3 Å². The lowest BCUT2D eigenvalue weighted by molar-refractivity contribution is -0.111. The Labute approximate surface area is 170 Å². The highest BCUT2D eigenvalue weighted by Crippen LogP contribution is 2.18. The first kappa shape index (κ1) is 18.6. The summed E-state index contributed by atoms with van der Waals surface area (Å²) < 4.78 is 6.77. The van der Waals surface area contributed by atoms with Crippen molar-refractivity contribution < 1.29 is 9.53 Å². The third-order valence-electron chi connectivity index (χ3n) is 3.47. The number of carbonyl (C=O) groups is 1. The minimum absolute atomic E-state index is 0.168. The molecule has 0 saturated carbocycles. The lowest BCUT2D eigenvalue weighted by atomic mass is 10.2. The molecule has 1 amide bonds. The Bertz CT molecular complexity index is 937. The Morgan fingerprint density at radius 3 is 2.88 bits per heavy atom. The Hall–Kier alpha value is -2.19. The van der Waals surface area contributed by atoms with Crippen LogP contribution in [0.2, 0.25) is 0 Å². The van der Waals surface area contributed by atoms with Crippen molar-refractivity contribution in [3.63, 3.8) is 0 Å². The minimum Gasteiger partial charge on any atom is -0.487 e. The number of rotatable bonds is 6. The molecule has 0 aliphatic carbocycles. The van der Waals surface area contributed by atoms with Crippen molar-refractivity contribution in [1.82, 2.24) is 4.98 Å². The first-order valence-electron chi connectivity index (χ1n) is 7.97. The Kier molecular flexibility index (Phi) is 6.40. The predicted octanol–water partition coefficient (Wildman–Crippen LogP) is 5.29. The second-order valence-corrected chi connectivity index (χ2v) is 7.75. The van der Waals surface area contributed by atoms with Gasteiger partial charge in [-0.15, -0.1) is 11.3 Å². The third-order valence-corrected chi connectivity index (χ3v) is 5.23. The summed E-state index contributed by atoms with van der Waals surface area (Å²) in [4.78, 5) is 16.5. The molecule has 1 heterocycles. The SMILES string of the molecule is Cc1nc(COc2cccc(/C=C/C(=O)Nc3ccccc3I)c2)cs1. The zero-order valence-corrected chi connectivity index (χ0v) is 17.1. The van der Waals surface area contributed by atoms with Crippen LogP contribution in [0.4, 0.5) is 5.69 Å². The fourth-order valence-corrected chi connectivity index (χ4v) is 3.37. The number of aromatic nitrogens is 1. The van der Waals surface area contributed by atoms with Crippen molar-refractivity contribution >= 4 is 51.6 Å². The van der Waals surface area contributed by atoms with E-state index >= 15 is 0 Å². The second kappa shape index (κ2) is 8.95. The highest BCUT2D eigenvalue weighted by molar-refractivity contribution is 14.1. The van der Waals surface area contributed by atoms with Crippen molar-refractivity contribution in [1.29, 1.82) is 0 Å². The van der Waals surface area contributed by atoms with E-state index in [-0.39, 0.29) is 5.91 Å². The number of anilines is 1. The largest absolute Gasteiger partial charge is 0.487 e. The maximum atomic E-state index is 12.1. The molecule has 2 aromatic carbocycles. The molecule has 132 valence electrons. The van der Waals surface area contributed by atoms with Crippen LogP contribution in [-0.4, -0.2) is 10.9 Å². The van der Waals surface area contributed by atoms with Gasteiger partial charge >= 0.3 is 0 Å². The normalized spacial score (nSPS) is 10.8. The Balaban J connectivity index is 1.59. The molecule has 1 aromatic heterocycles. The molecule has 0 bridgehead atoms. The molecule has 0 fully saturated rings. The van der Waals surface area contributed by atoms with E-state index in [1.807, 2.05) is 60.8 Å². The van der Waals surface area contributed by atoms with Crippen LogP contribution in [0.25, 0.3) is 6.08 Å². The molecule has 1 N–H and O–H groups in total. The number of carbonyl (C=O) groups excluding carboxylic acids is 1. The number of thiazole rings is 1. The van der Waals surface area contributed by atoms with Gasteiger partial charge in [-0.2, -0.15) is 0 Å². The molecular weight excluding hydrogens is 459 g/mol. The van der Waals surface area contributed by atoms with E-state index in [4.69, 9.17) is 4.74 Å². The molecule has 3 aromatic rings. The molecule has 0 saturated heterocycles. The van der Waals surface area contributed by atoms with Gasteiger partial charge in [-0.1, -0.05) is 24.3 Å². The molecule has 26 heavy (non-hydrogen) atoms. The average molecular weight is 476 g/mol. The van der Waals surface area contributed by atoms with Gasteiger partial charge in [0.25, 0.3) is 0 Å². The maximum absolute atomic E-state index is 12.1. The van der Waals surface area contributed by atoms with Crippen molar-refractivity contribution in [3.8, 4) is 5.75 Å². The van der Waals surface area contributed by atoms with Gasteiger partial charge in [0, 0.05) is 15.0 Å². The van der Waals surface area contributed by atoms with Crippen LogP contribution < -0.4 is 10.1 Å². The number of hydrogen-bond acceptors (Lipinski definition) is 4. The van der Waals surface area contributed by atoms with Crippen LogP contribution in [0.15, 0.2) is 60.0 Å². The van der Waals surface area contributed by atoms with E-state index in [1.54, 1.807) is 17.4 Å². The van der Waals surface area contributed by atoms with E-state index in [2.05, 4.69) is 32.9 Å². The zero-order valence-electron chi connectivity index (χ0n) is 14.1. The van der Waals surface area contributed by atoms with Crippen LogP contribution in [0.1, 0.15) is 16.3 Å². The summed E-state index contributed by atoms with van der Waals surface area (Å²) >= 11 is 3.80. The van der Waals surface area contributed by atoms with Gasteiger partial charge in [0.2, 0.25) is 5.91 Å². The summed E-state index contributed by atoms with van der Waals surface area (Å²) in [6.07, 6.45) is 3.29. The topological polar surface area (TPSA) is 51.2 Å². The molecule has 0 aliphatic heterocycles. The van der Waals surface area contributed by atoms with E-state index < -0.39 is 0 Å². The molecule has 0 atom stereocenters. The van der Waals surface area contributed by atoms with Gasteiger partial charge in [0.05, 0.1) is 16.4 Å². The van der Waals surface area contributed by atoms with E-state index in [1.165, 1.54) is 6.08 Å². The first-order valence-corrected chi connectivity index (χ1v) is 9.93. The maximum Gasteiger partial charge on any atom is 0.248 e. The van der Waals surface area contributed by atoms with Crippen molar-refractivity contribution in [2.24, 2.45) is 0 Å². The number of nitrogens with one attached hydrogen (secondary N) is 1. The second-order valence-electron chi connectivity index (χ2n) is 5.52. The van der Waals surface area contributed by atoms with Crippen LogP contribution in [-0.2, 0) is 11.4 Å². The summed E-state index contributed by atoms with van der Waals surface area (Å²) in [5.74, 6) is 0.578. The number of ether oxygens (including phenoxy) is 1. The molecule has 0 aliphatic rings. The third kappa shape index (κ3) is 5.40. The van der Waals surface area contributed by atoms with Gasteiger partial charge in [0.1, 0.15) is 12.4 Å². The summed E-state index contributed by atoms with van der Waals surface area (Å²) in [5, 5.41) is 5.89. The number of nitrogens with zero attached hydrogens (tertiary/aromatic N) is 1. The van der Waals surface area contributed by atoms with Crippen molar-refractivity contribution in [2.45, 2.75) is 13.5 Å². The Morgan fingerprint density at radius 1 is 1.27 bits per heavy atom. The van der Waals surface area contributed by atoms with Gasteiger partial charge in [-0.25, -0.2) is 4.98 Å². The van der Waals surface area contributed by atoms with Gasteiger partial charge in [0.15, 0.2) is 0 Å². The zero-order chi connectivity index (χ0) is 18.4. The van der Waals surface area contributed by atoms with Crippen molar-refractivity contribution in [2.75, 3.05) is 5.32 Å². The van der Waals surface area contributed by atoms with Crippen molar-refractivity contribution in [3.05, 3.63) is 79.8 Å². The van der Waals surface area contributed by atoms with E-state index in [0.29, 0.717) is 6.61 Å². The summed E-state index contributed by atoms with van der Waals surface area (Å²) in [6, 6.07) is 15.3. The average Bonchev–Trinajstić information content (AvgIpc) is 3.06. The highest BCUT2D eigenvalue weighted by atomic mass is 127. The van der Waals surface area contributed by atoms with Gasteiger partial charge in [-0.3, -0.25) is 4.79 Å². The lowest BCUT2D eigenvalue weighted by Gasteiger charge is -2.06. The molecular formula is C20H17IN2O2S. The van der Waals surface area contributed by atoms with Crippen LogP contribution in [0.5, 0.6) is 5.75 Å². The highest BCUT2D eigenvalue weighted by Gasteiger charge is 2.03. The molecule has 0 unspecified atom stereocenters. The number of hydrogen-bond donors (Lipinski definition) is 1. The summed E-state index contributed by atoms with van der Waals surface area (Å²) in [5.41, 5.74) is 2.62. The molecule has 0 radical (unpaired) electrons. The summed E-state index contributed by atoms with van der Waals surface area (Å²) in [6.45, 7) is 2.41. The number of amides is 1. The Morgan fingerprint density at radius 2 is 2.12 bits per heavy atom. The number of aryl methyl sites for hydroxylation is 1. The quantitative estimate of drug-likeness (QED) is 0.389. The molecule has 4 nitrogen and oxygen atoms in total. The lowest BCUT2D eigenvalue weighted by Crippen LogP contribution is -2.08. The smallest absolute Gasteiger partial charge is 0.248 e. The molecule has 6 heteroatoms. The number of benzene rings is 2. The van der Waals surface area contributed by atoms with Gasteiger partial charge in [-0.05, 0) is 65.4 Å². The molecule has 0 spiro atoms. The first-order chi connectivity index (χ1) is 12.6. The van der Waals surface area contributed by atoms with Crippen LogP contribution in [0.3, 0.4) is 0 Å². The predicted molar refractivity (Wildman–Crippen MR) is 114 cm³/mol. The summed E-state index contributed by atoms with van der Waals surface area (Å²) in [7, 11) is 0. The number of para-hydroxylation sites is 1. The fraction of sp³-hybridized carbons (Fsp3) is 0.100. The van der Waals surface area contributed by atoms with Crippen LogP contribution >= 0.6 is 33.9 Å². The minimum atomic E-state index is -0.168. The fourth-order valence-electron chi connectivity index (χ4n) is 2.25.